The van der Waals surface area contributed by atoms with Crippen molar-refractivity contribution in [1.29, 1.82) is 0 Å². The molecule has 0 aromatic heterocycles. The zero-order valence-corrected chi connectivity index (χ0v) is 9.80. The van der Waals surface area contributed by atoms with E-state index in [-0.39, 0.29) is 17.4 Å². The summed E-state index contributed by atoms with van der Waals surface area (Å²) in [6, 6.07) is 5.24. The van der Waals surface area contributed by atoms with Gasteiger partial charge in [0.2, 0.25) is 0 Å². The molecule has 0 aliphatic rings. The Morgan fingerprint density at radius 3 is 2.69 bits per heavy atom. The van der Waals surface area contributed by atoms with Gasteiger partial charge in [0.05, 0.1) is 4.92 Å². The van der Waals surface area contributed by atoms with E-state index < -0.39 is 4.92 Å². The highest BCUT2D eigenvalue weighted by molar-refractivity contribution is 5.75. The Morgan fingerprint density at radius 1 is 1.56 bits per heavy atom. The van der Waals surface area contributed by atoms with Crippen LogP contribution in [0.2, 0.25) is 0 Å². The fourth-order valence-electron chi connectivity index (χ4n) is 1.54. The van der Waals surface area contributed by atoms with Crippen molar-refractivity contribution in [3.8, 4) is 0 Å². The van der Waals surface area contributed by atoms with E-state index in [1.54, 1.807) is 18.2 Å². The largest absolute Gasteiger partial charge is 0.393 e. The van der Waals surface area contributed by atoms with Crippen molar-refractivity contribution in [2.24, 2.45) is 0 Å². The van der Waals surface area contributed by atoms with Crippen LogP contribution in [0.3, 0.4) is 0 Å². The average Bonchev–Trinajstić information content (AvgIpc) is 2.26. The van der Waals surface area contributed by atoms with Crippen LogP contribution in [0.25, 0.3) is 0 Å². The standard InChI is InChI=1S/C11H17N3O2/c1-4-8(2)13(3)10-7-5-6-9(12)11(10)14(15)16/h5-8H,4,12H2,1-3H3. The molecular weight excluding hydrogens is 206 g/mol. The number of hydrogen-bond donors (Lipinski definition) is 1. The summed E-state index contributed by atoms with van der Waals surface area (Å²) < 4.78 is 0. The van der Waals surface area contributed by atoms with Crippen LogP contribution in [0.5, 0.6) is 0 Å². The number of rotatable bonds is 4. The maximum atomic E-state index is 11.0. The molecule has 88 valence electrons. The lowest BCUT2D eigenvalue weighted by Crippen LogP contribution is -2.28. The molecule has 16 heavy (non-hydrogen) atoms. The summed E-state index contributed by atoms with van der Waals surface area (Å²) in [5.41, 5.74) is 6.40. The molecule has 0 amide bonds. The van der Waals surface area contributed by atoms with Gasteiger partial charge in [0, 0.05) is 13.1 Å². The number of para-hydroxylation sites is 1. The molecule has 1 aromatic rings. The third kappa shape index (κ3) is 2.24. The third-order valence-corrected chi connectivity index (χ3v) is 2.86. The molecule has 5 nitrogen and oxygen atoms in total. The van der Waals surface area contributed by atoms with Gasteiger partial charge in [-0.1, -0.05) is 13.0 Å². The normalized spacial score (nSPS) is 12.2. The Labute approximate surface area is 95.0 Å². The van der Waals surface area contributed by atoms with Gasteiger partial charge in [-0.3, -0.25) is 10.1 Å². The first-order valence-corrected chi connectivity index (χ1v) is 5.24. The fourth-order valence-corrected chi connectivity index (χ4v) is 1.54. The van der Waals surface area contributed by atoms with Crippen molar-refractivity contribution in [1.82, 2.24) is 0 Å². The number of nitrogens with two attached hydrogens (primary N) is 1. The minimum absolute atomic E-state index is 0.00898. The summed E-state index contributed by atoms with van der Waals surface area (Å²) in [6.07, 6.45) is 0.919. The van der Waals surface area contributed by atoms with Crippen molar-refractivity contribution in [2.75, 3.05) is 17.7 Å². The number of nitrogens with zero attached hydrogens (tertiary/aromatic N) is 2. The Hall–Kier alpha value is -1.78. The number of nitrogen functional groups attached to an aromatic ring is 1. The first-order valence-electron chi connectivity index (χ1n) is 5.24. The van der Waals surface area contributed by atoms with Crippen LogP contribution in [0, 0.1) is 10.1 Å². The second-order valence-corrected chi connectivity index (χ2v) is 3.84. The second-order valence-electron chi connectivity index (χ2n) is 3.84. The van der Waals surface area contributed by atoms with Crippen LogP contribution >= 0.6 is 0 Å². The molecule has 0 aliphatic carbocycles. The van der Waals surface area contributed by atoms with E-state index in [4.69, 9.17) is 5.73 Å². The molecule has 0 heterocycles. The number of nitro groups is 1. The van der Waals surface area contributed by atoms with Gasteiger partial charge < -0.3 is 10.6 Å². The fraction of sp³-hybridized carbons (Fsp3) is 0.455. The van der Waals surface area contributed by atoms with Crippen LogP contribution in [0.4, 0.5) is 17.1 Å². The van der Waals surface area contributed by atoms with Crippen LogP contribution in [-0.4, -0.2) is 18.0 Å². The van der Waals surface area contributed by atoms with Crippen molar-refractivity contribution >= 4 is 17.1 Å². The second kappa shape index (κ2) is 4.83. The molecule has 0 bridgehead atoms. The molecule has 0 saturated carbocycles. The number of anilines is 2. The van der Waals surface area contributed by atoms with Crippen LogP contribution in [0.15, 0.2) is 18.2 Å². The first kappa shape index (κ1) is 12.3. The highest BCUT2D eigenvalue weighted by Crippen LogP contribution is 2.33. The van der Waals surface area contributed by atoms with Gasteiger partial charge >= 0.3 is 5.69 Å². The quantitative estimate of drug-likeness (QED) is 0.483. The summed E-state index contributed by atoms with van der Waals surface area (Å²) >= 11 is 0. The maximum absolute atomic E-state index is 11.0. The molecule has 0 saturated heterocycles. The Morgan fingerprint density at radius 2 is 2.19 bits per heavy atom. The zero-order valence-electron chi connectivity index (χ0n) is 9.80. The summed E-state index contributed by atoms with van der Waals surface area (Å²) in [4.78, 5) is 12.4. The number of nitro benzene ring substituents is 1. The summed E-state index contributed by atoms with van der Waals surface area (Å²) in [5, 5.41) is 11.0. The van der Waals surface area contributed by atoms with E-state index in [1.807, 2.05) is 25.8 Å². The molecule has 1 unspecified atom stereocenters. The van der Waals surface area contributed by atoms with Gasteiger partial charge in [0.15, 0.2) is 0 Å². The molecule has 0 radical (unpaired) electrons. The van der Waals surface area contributed by atoms with Crippen molar-refractivity contribution in [2.45, 2.75) is 26.3 Å². The molecule has 5 heteroatoms. The number of benzene rings is 1. The Balaban J connectivity index is 3.22. The SMILES string of the molecule is CCC(C)N(C)c1cccc(N)c1[N+](=O)[O-]. The first-order chi connectivity index (χ1) is 7.49. The highest BCUT2D eigenvalue weighted by Gasteiger charge is 2.22. The molecule has 1 atom stereocenters. The molecule has 0 spiro atoms. The monoisotopic (exact) mass is 223 g/mol. The Kier molecular flexibility index (Phi) is 3.71. The smallest absolute Gasteiger partial charge is 0.315 e. The van der Waals surface area contributed by atoms with E-state index in [9.17, 15) is 10.1 Å². The van der Waals surface area contributed by atoms with E-state index >= 15 is 0 Å². The van der Waals surface area contributed by atoms with Crippen molar-refractivity contribution < 1.29 is 4.92 Å². The third-order valence-electron chi connectivity index (χ3n) is 2.86. The summed E-state index contributed by atoms with van der Waals surface area (Å²) in [6.45, 7) is 4.06. The lowest BCUT2D eigenvalue weighted by molar-refractivity contribution is -0.383. The highest BCUT2D eigenvalue weighted by atomic mass is 16.6. The number of hydrogen-bond acceptors (Lipinski definition) is 4. The molecule has 1 aromatic carbocycles. The summed E-state index contributed by atoms with van der Waals surface area (Å²) in [7, 11) is 1.84. The van der Waals surface area contributed by atoms with Crippen molar-refractivity contribution in [3.63, 3.8) is 0 Å². The van der Waals surface area contributed by atoms with Gasteiger partial charge in [-0.05, 0) is 25.5 Å². The maximum Gasteiger partial charge on any atom is 0.315 e. The van der Waals surface area contributed by atoms with Crippen LogP contribution in [0.1, 0.15) is 20.3 Å². The molecule has 2 N–H and O–H groups in total. The van der Waals surface area contributed by atoms with Crippen LogP contribution < -0.4 is 10.6 Å². The van der Waals surface area contributed by atoms with E-state index in [0.29, 0.717) is 5.69 Å². The molecule has 0 aliphatic heterocycles. The van der Waals surface area contributed by atoms with Gasteiger partial charge in [-0.15, -0.1) is 0 Å². The summed E-state index contributed by atoms with van der Waals surface area (Å²) in [5.74, 6) is 0. The Bertz CT molecular complexity index is 393. The average molecular weight is 223 g/mol. The molecule has 1 rings (SSSR count). The minimum atomic E-state index is -0.427. The zero-order chi connectivity index (χ0) is 12.3. The molecule has 0 fully saturated rings. The predicted octanol–water partition coefficient (Wildman–Crippen LogP) is 2.41. The van der Waals surface area contributed by atoms with Gasteiger partial charge in [-0.25, -0.2) is 0 Å². The topological polar surface area (TPSA) is 72.4 Å². The minimum Gasteiger partial charge on any atom is -0.393 e. The van der Waals surface area contributed by atoms with Gasteiger partial charge in [0.1, 0.15) is 11.4 Å². The lowest BCUT2D eigenvalue weighted by Gasteiger charge is -2.25. The molecular formula is C11H17N3O2. The van der Waals surface area contributed by atoms with E-state index in [1.165, 1.54) is 0 Å². The van der Waals surface area contributed by atoms with E-state index in [0.717, 1.165) is 6.42 Å². The lowest BCUT2D eigenvalue weighted by atomic mass is 10.1. The van der Waals surface area contributed by atoms with Gasteiger partial charge in [-0.2, -0.15) is 0 Å². The van der Waals surface area contributed by atoms with Crippen molar-refractivity contribution in [3.05, 3.63) is 28.3 Å². The van der Waals surface area contributed by atoms with Gasteiger partial charge in [0.25, 0.3) is 0 Å². The van der Waals surface area contributed by atoms with Crippen LogP contribution in [-0.2, 0) is 0 Å². The predicted molar refractivity (Wildman–Crippen MR) is 65.7 cm³/mol. The van der Waals surface area contributed by atoms with E-state index in [2.05, 4.69) is 0 Å².